The van der Waals surface area contributed by atoms with Crippen molar-refractivity contribution in [2.75, 3.05) is 7.11 Å². The predicted molar refractivity (Wildman–Crippen MR) is 111 cm³/mol. The number of ketones is 1. The molecule has 1 aliphatic rings. The van der Waals surface area contributed by atoms with Crippen molar-refractivity contribution in [3.63, 3.8) is 0 Å². The van der Waals surface area contributed by atoms with Crippen molar-refractivity contribution in [3.8, 4) is 5.75 Å². The summed E-state index contributed by atoms with van der Waals surface area (Å²) >= 11 is 0. The van der Waals surface area contributed by atoms with Crippen molar-refractivity contribution in [1.82, 2.24) is 9.88 Å². The molecule has 31 heavy (non-hydrogen) atoms. The Morgan fingerprint density at radius 2 is 1.74 bits per heavy atom. The van der Waals surface area contributed by atoms with Crippen LogP contribution in [0.15, 0.2) is 78.6 Å². The molecule has 1 N–H and O–H groups in total. The highest BCUT2D eigenvalue weighted by molar-refractivity contribution is 6.46. The molecule has 0 saturated carbocycles. The fourth-order valence-electron chi connectivity index (χ4n) is 3.71. The third-order valence-electron chi connectivity index (χ3n) is 5.19. The van der Waals surface area contributed by atoms with Crippen LogP contribution in [0.4, 0.5) is 4.39 Å². The number of aromatic nitrogens is 1. The molecule has 1 atom stereocenters. The summed E-state index contributed by atoms with van der Waals surface area (Å²) < 4.78 is 18.6. The molecule has 0 spiro atoms. The number of nitrogens with zero attached hydrogens (tertiary/aromatic N) is 2. The number of para-hydroxylation sites is 1. The largest absolute Gasteiger partial charge is 0.507 e. The van der Waals surface area contributed by atoms with Crippen LogP contribution in [-0.4, -0.2) is 33.8 Å². The maximum atomic E-state index is 13.3. The highest BCUT2D eigenvalue weighted by Gasteiger charge is 2.46. The average molecular weight is 418 g/mol. The van der Waals surface area contributed by atoms with Gasteiger partial charge in [-0.05, 0) is 47.5 Å². The molecule has 3 aromatic rings. The Morgan fingerprint density at radius 3 is 2.42 bits per heavy atom. The van der Waals surface area contributed by atoms with Gasteiger partial charge in [0.1, 0.15) is 17.3 Å². The van der Waals surface area contributed by atoms with Crippen molar-refractivity contribution in [2.45, 2.75) is 12.6 Å². The maximum absolute atomic E-state index is 13.3. The molecule has 156 valence electrons. The first-order valence-electron chi connectivity index (χ1n) is 9.57. The summed E-state index contributed by atoms with van der Waals surface area (Å²) in [5.41, 5.74) is 1.54. The smallest absolute Gasteiger partial charge is 0.295 e. The number of hydrogen-bond acceptors (Lipinski definition) is 5. The van der Waals surface area contributed by atoms with Crippen LogP contribution in [0.5, 0.6) is 5.75 Å². The number of halogens is 1. The van der Waals surface area contributed by atoms with Gasteiger partial charge in [0.2, 0.25) is 0 Å². The number of methoxy groups -OCH3 is 1. The second-order valence-electron chi connectivity index (χ2n) is 7.03. The van der Waals surface area contributed by atoms with Crippen LogP contribution in [0.1, 0.15) is 22.7 Å². The van der Waals surface area contributed by atoms with Gasteiger partial charge in [-0.3, -0.25) is 14.6 Å². The van der Waals surface area contributed by atoms with Gasteiger partial charge in [0, 0.05) is 18.9 Å². The first kappa shape index (κ1) is 20.3. The van der Waals surface area contributed by atoms with Crippen LogP contribution in [0.3, 0.4) is 0 Å². The van der Waals surface area contributed by atoms with Crippen LogP contribution in [0, 0.1) is 5.82 Å². The van der Waals surface area contributed by atoms with Crippen molar-refractivity contribution in [3.05, 3.63) is 101 Å². The lowest BCUT2D eigenvalue weighted by Crippen LogP contribution is -2.29. The number of likely N-dealkylation sites (tertiary alicyclic amines) is 1. The number of amides is 1. The highest BCUT2D eigenvalue weighted by Crippen LogP contribution is 2.41. The SMILES string of the molecule is COc1ccccc1/C(O)=C1/C(=O)C(=O)N(Cc2ccc(F)cc2)C1c1ccncc1. The Bertz CT molecular complexity index is 1160. The Hall–Kier alpha value is -4.00. The van der Waals surface area contributed by atoms with E-state index in [0.29, 0.717) is 22.4 Å². The van der Waals surface area contributed by atoms with Crippen LogP contribution in [0.2, 0.25) is 0 Å². The molecule has 7 heteroatoms. The highest BCUT2D eigenvalue weighted by atomic mass is 19.1. The lowest BCUT2D eigenvalue weighted by atomic mass is 9.95. The minimum absolute atomic E-state index is 0.0391. The first-order chi connectivity index (χ1) is 15.0. The van der Waals surface area contributed by atoms with E-state index in [2.05, 4.69) is 4.98 Å². The molecule has 1 unspecified atom stereocenters. The Kier molecular flexibility index (Phi) is 5.49. The number of Topliss-reactive ketones (excluding diaryl/α,β-unsaturated/α-hetero) is 1. The molecular formula is C24H19FN2O4. The van der Waals surface area contributed by atoms with Crippen molar-refractivity contribution in [2.24, 2.45) is 0 Å². The van der Waals surface area contributed by atoms with E-state index < -0.39 is 23.5 Å². The first-order valence-corrected chi connectivity index (χ1v) is 9.57. The lowest BCUT2D eigenvalue weighted by Gasteiger charge is -2.25. The van der Waals surface area contributed by atoms with Crippen LogP contribution in [0.25, 0.3) is 5.76 Å². The van der Waals surface area contributed by atoms with E-state index in [-0.39, 0.29) is 17.9 Å². The maximum Gasteiger partial charge on any atom is 0.295 e. The third kappa shape index (κ3) is 3.77. The molecule has 2 heterocycles. The standard InChI is InChI=1S/C24H19FN2O4/c1-31-19-5-3-2-4-18(19)22(28)20-21(16-10-12-26-13-11-16)27(24(30)23(20)29)14-15-6-8-17(25)9-7-15/h2-13,21,28H,14H2,1H3/b22-20-. The van der Waals surface area contributed by atoms with E-state index in [9.17, 15) is 19.1 Å². The van der Waals surface area contributed by atoms with Gasteiger partial charge in [0.15, 0.2) is 0 Å². The molecule has 0 radical (unpaired) electrons. The Balaban J connectivity index is 1.86. The zero-order valence-corrected chi connectivity index (χ0v) is 16.7. The molecule has 4 rings (SSSR count). The van der Waals surface area contributed by atoms with Gasteiger partial charge in [0.05, 0.1) is 24.3 Å². The van der Waals surface area contributed by atoms with Gasteiger partial charge in [-0.25, -0.2) is 4.39 Å². The quantitative estimate of drug-likeness (QED) is 0.387. The Labute approximate surface area is 178 Å². The van der Waals surface area contributed by atoms with Gasteiger partial charge < -0.3 is 14.7 Å². The van der Waals surface area contributed by atoms with E-state index in [1.807, 2.05) is 0 Å². The summed E-state index contributed by atoms with van der Waals surface area (Å²) in [4.78, 5) is 31.4. The van der Waals surface area contributed by atoms with Gasteiger partial charge in [-0.2, -0.15) is 0 Å². The number of hydrogen-bond donors (Lipinski definition) is 1. The van der Waals surface area contributed by atoms with E-state index in [4.69, 9.17) is 4.74 Å². The van der Waals surface area contributed by atoms with Gasteiger partial charge in [0.25, 0.3) is 11.7 Å². The fraction of sp³-hybridized carbons (Fsp3) is 0.125. The summed E-state index contributed by atoms with van der Waals surface area (Å²) in [6.45, 7) is 0.0700. The van der Waals surface area contributed by atoms with Crippen LogP contribution in [-0.2, 0) is 16.1 Å². The molecule has 1 amide bonds. The average Bonchev–Trinajstić information content (AvgIpc) is 3.05. The topological polar surface area (TPSA) is 79.7 Å². The monoisotopic (exact) mass is 418 g/mol. The number of aliphatic hydroxyl groups excluding tert-OH is 1. The molecule has 1 aliphatic heterocycles. The van der Waals surface area contributed by atoms with Gasteiger partial charge in [-0.15, -0.1) is 0 Å². The summed E-state index contributed by atoms with van der Waals surface area (Å²) in [6.07, 6.45) is 3.10. The van der Waals surface area contributed by atoms with E-state index in [0.717, 1.165) is 0 Å². The van der Waals surface area contributed by atoms with Crippen LogP contribution < -0.4 is 4.74 Å². The Morgan fingerprint density at radius 1 is 1.06 bits per heavy atom. The van der Waals surface area contributed by atoms with E-state index in [1.54, 1.807) is 60.9 Å². The molecule has 2 aromatic carbocycles. The van der Waals surface area contributed by atoms with E-state index >= 15 is 0 Å². The van der Waals surface area contributed by atoms with E-state index in [1.165, 1.54) is 24.1 Å². The number of carbonyl (C=O) groups is 2. The number of rotatable bonds is 5. The molecule has 0 bridgehead atoms. The number of benzene rings is 2. The molecular weight excluding hydrogens is 399 g/mol. The minimum Gasteiger partial charge on any atom is -0.507 e. The summed E-state index contributed by atoms with van der Waals surface area (Å²) in [6, 6.07) is 14.9. The second kappa shape index (κ2) is 8.39. The fourth-order valence-corrected chi connectivity index (χ4v) is 3.71. The number of aliphatic hydroxyl groups is 1. The van der Waals surface area contributed by atoms with Crippen molar-refractivity contribution < 1.29 is 23.8 Å². The zero-order valence-electron chi connectivity index (χ0n) is 16.7. The molecule has 0 aliphatic carbocycles. The van der Waals surface area contributed by atoms with Crippen molar-refractivity contribution in [1.29, 1.82) is 0 Å². The summed E-state index contributed by atoms with van der Waals surface area (Å²) in [5.74, 6) is -1.89. The molecule has 1 saturated heterocycles. The molecule has 1 fully saturated rings. The number of ether oxygens (including phenoxy) is 1. The zero-order chi connectivity index (χ0) is 22.0. The predicted octanol–water partition coefficient (Wildman–Crippen LogP) is 3.85. The normalized spacial score (nSPS) is 17.7. The molecule has 6 nitrogen and oxygen atoms in total. The van der Waals surface area contributed by atoms with Crippen molar-refractivity contribution >= 4 is 17.4 Å². The van der Waals surface area contributed by atoms with Crippen LogP contribution >= 0.6 is 0 Å². The lowest BCUT2D eigenvalue weighted by molar-refractivity contribution is -0.140. The summed E-state index contributed by atoms with van der Waals surface area (Å²) in [5, 5.41) is 11.1. The minimum atomic E-state index is -0.835. The van der Waals surface area contributed by atoms with Gasteiger partial charge >= 0.3 is 0 Å². The third-order valence-corrected chi connectivity index (χ3v) is 5.19. The van der Waals surface area contributed by atoms with Gasteiger partial charge in [-0.1, -0.05) is 24.3 Å². The number of pyridine rings is 1. The summed E-state index contributed by atoms with van der Waals surface area (Å²) in [7, 11) is 1.46. The second-order valence-corrected chi connectivity index (χ2v) is 7.03. The molecule has 1 aromatic heterocycles. The number of carbonyl (C=O) groups excluding carboxylic acids is 2.